The van der Waals surface area contributed by atoms with Gasteiger partial charge in [-0.05, 0) is 38.5 Å². The first-order valence-electron chi connectivity index (χ1n) is 6.68. The van der Waals surface area contributed by atoms with E-state index in [4.69, 9.17) is 11.6 Å². The number of nitrogens with one attached hydrogen (secondary N) is 2. The standard InChI is InChI=1S/C15H24ClN3O/c1-15(2,3)18-9-11-6-7-12(16)8-13(11)19(5)10-14(20)17-4/h6-8,18H,9-10H2,1-5H3,(H,17,20). The SMILES string of the molecule is CNC(=O)CN(C)c1cc(Cl)ccc1CNC(C)(C)C. The highest BCUT2D eigenvalue weighted by Gasteiger charge is 2.14. The summed E-state index contributed by atoms with van der Waals surface area (Å²) in [7, 11) is 3.53. The van der Waals surface area contributed by atoms with Gasteiger partial charge in [-0.15, -0.1) is 0 Å². The summed E-state index contributed by atoms with van der Waals surface area (Å²) < 4.78 is 0. The number of anilines is 1. The number of carbonyl (C=O) groups excluding carboxylic acids is 1. The highest BCUT2D eigenvalue weighted by Crippen LogP contribution is 2.24. The number of hydrogen-bond acceptors (Lipinski definition) is 3. The van der Waals surface area contributed by atoms with Gasteiger partial charge >= 0.3 is 0 Å². The largest absolute Gasteiger partial charge is 0.365 e. The molecule has 0 fully saturated rings. The Kier molecular flexibility index (Phi) is 5.84. The second-order valence-electron chi connectivity index (χ2n) is 5.91. The van der Waals surface area contributed by atoms with Crippen LogP contribution in [0.5, 0.6) is 0 Å². The van der Waals surface area contributed by atoms with Gasteiger partial charge in [-0.1, -0.05) is 17.7 Å². The molecule has 112 valence electrons. The maximum absolute atomic E-state index is 11.5. The van der Waals surface area contributed by atoms with E-state index in [1.807, 2.05) is 30.1 Å². The number of hydrogen-bond donors (Lipinski definition) is 2. The lowest BCUT2D eigenvalue weighted by Gasteiger charge is -2.25. The molecule has 0 saturated heterocycles. The maximum atomic E-state index is 11.5. The average Bonchev–Trinajstić information content (AvgIpc) is 2.35. The summed E-state index contributed by atoms with van der Waals surface area (Å²) in [5, 5.41) is 6.75. The van der Waals surface area contributed by atoms with Crippen molar-refractivity contribution in [3.8, 4) is 0 Å². The van der Waals surface area contributed by atoms with Gasteiger partial charge in [0.1, 0.15) is 0 Å². The number of halogens is 1. The number of likely N-dealkylation sites (N-methyl/N-ethyl adjacent to an activating group) is 2. The lowest BCUT2D eigenvalue weighted by molar-refractivity contribution is -0.119. The molecular formula is C15H24ClN3O. The molecule has 0 heterocycles. The van der Waals surface area contributed by atoms with Crippen LogP contribution >= 0.6 is 11.6 Å². The fourth-order valence-corrected chi connectivity index (χ4v) is 1.95. The summed E-state index contributed by atoms with van der Waals surface area (Å²) in [5.41, 5.74) is 2.13. The molecule has 0 aromatic heterocycles. The van der Waals surface area contributed by atoms with Crippen LogP contribution in [-0.2, 0) is 11.3 Å². The summed E-state index contributed by atoms with van der Waals surface area (Å²) in [6.45, 7) is 7.40. The molecule has 5 heteroatoms. The normalized spacial score (nSPS) is 11.3. The van der Waals surface area contributed by atoms with E-state index in [9.17, 15) is 4.79 Å². The van der Waals surface area contributed by atoms with Crippen LogP contribution < -0.4 is 15.5 Å². The van der Waals surface area contributed by atoms with Crippen molar-refractivity contribution >= 4 is 23.2 Å². The Labute approximate surface area is 126 Å². The van der Waals surface area contributed by atoms with Crippen LogP contribution in [0, 0.1) is 0 Å². The summed E-state index contributed by atoms with van der Waals surface area (Å²) in [6.07, 6.45) is 0. The number of rotatable bonds is 5. The van der Waals surface area contributed by atoms with Gasteiger partial charge in [-0.2, -0.15) is 0 Å². The topological polar surface area (TPSA) is 44.4 Å². The predicted molar refractivity (Wildman–Crippen MR) is 85.4 cm³/mol. The van der Waals surface area contributed by atoms with Crippen molar-refractivity contribution in [2.45, 2.75) is 32.9 Å². The van der Waals surface area contributed by atoms with Crippen molar-refractivity contribution in [3.63, 3.8) is 0 Å². The van der Waals surface area contributed by atoms with Crippen molar-refractivity contribution in [1.82, 2.24) is 10.6 Å². The highest BCUT2D eigenvalue weighted by atomic mass is 35.5. The molecule has 1 aromatic rings. The molecule has 0 unspecified atom stereocenters. The molecule has 0 spiro atoms. The molecule has 1 aromatic carbocycles. The Morgan fingerprint density at radius 1 is 1.35 bits per heavy atom. The van der Waals surface area contributed by atoms with Crippen molar-refractivity contribution in [3.05, 3.63) is 28.8 Å². The van der Waals surface area contributed by atoms with Crippen LogP contribution in [0.2, 0.25) is 5.02 Å². The maximum Gasteiger partial charge on any atom is 0.239 e. The molecule has 0 saturated carbocycles. The van der Waals surface area contributed by atoms with Gasteiger partial charge in [-0.3, -0.25) is 4.79 Å². The first kappa shape index (κ1) is 16.8. The lowest BCUT2D eigenvalue weighted by Crippen LogP contribution is -2.36. The lowest BCUT2D eigenvalue weighted by atomic mass is 10.1. The van der Waals surface area contributed by atoms with Gasteiger partial charge in [-0.25, -0.2) is 0 Å². The molecule has 2 N–H and O–H groups in total. The van der Waals surface area contributed by atoms with E-state index in [2.05, 4.69) is 31.4 Å². The first-order valence-corrected chi connectivity index (χ1v) is 7.06. The second-order valence-corrected chi connectivity index (χ2v) is 6.34. The third-order valence-corrected chi connectivity index (χ3v) is 3.16. The van der Waals surface area contributed by atoms with Crippen molar-refractivity contribution in [1.29, 1.82) is 0 Å². The van der Waals surface area contributed by atoms with Gasteiger partial charge in [0.15, 0.2) is 0 Å². The molecular weight excluding hydrogens is 274 g/mol. The Morgan fingerprint density at radius 2 is 2.00 bits per heavy atom. The Morgan fingerprint density at radius 3 is 2.55 bits per heavy atom. The van der Waals surface area contributed by atoms with Gasteiger partial charge in [0.05, 0.1) is 6.54 Å². The Bertz CT molecular complexity index is 469. The van der Waals surface area contributed by atoms with Crippen molar-refractivity contribution in [2.24, 2.45) is 0 Å². The molecule has 0 aliphatic carbocycles. The fraction of sp³-hybridized carbons (Fsp3) is 0.533. The van der Waals surface area contributed by atoms with E-state index < -0.39 is 0 Å². The Hall–Kier alpha value is -1.26. The van der Waals surface area contributed by atoms with E-state index in [1.165, 1.54) is 0 Å². The molecule has 1 amide bonds. The van der Waals surface area contributed by atoms with Crippen LogP contribution in [0.15, 0.2) is 18.2 Å². The molecule has 0 atom stereocenters. The zero-order valence-corrected chi connectivity index (χ0v) is 13.6. The molecule has 0 aliphatic rings. The monoisotopic (exact) mass is 297 g/mol. The third-order valence-electron chi connectivity index (χ3n) is 2.93. The Balaban J connectivity index is 2.92. The van der Waals surface area contributed by atoms with Gasteiger partial charge < -0.3 is 15.5 Å². The second kappa shape index (κ2) is 6.95. The van der Waals surface area contributed by atoms with E-state index in [0.29, 0.717) is 11.6 Å². The van der Waals surface area contributed by atoms with Crippen LogP contribution in [0.25, 0.3) is 0 Å². The quantitative estimate of drug-likeness (QED) is 0.877. The first-order chi connectivity index (χ1) is 9.23. The van der Waals surface area contributed by atoms with Crippen LogP contribution in [-0.4, -0.2) is 32.1 Å². The molecule has 4 nitrogen and oxygen atoms in total. The van der Waals surface area contributed by atoms with Crippen molar-refractivity contribution in [2.75, 3.05) is 25.5 Å². The molecule has 0 aliphatic heterocycles. The summed E-state index contributed by atoms with van der Waals surface area (Å²) in [6, 6.07) is 5.76. The third kappa shape index (κ3) is 5.39. The number of nitrogens with zero attached hydrogens (tertiary/aromatic N) is 1. The molecule has 0 radical (unpaired) electrons. The van der Waals surface area contributed by atoms with Gasteiger partial charge in [0.25, 0.3) is 0 Å². The highest BCUT2D eigenvalue weighted by molar-refractivity contribution is 6.30. The van der Waals surface area contributed by atoms with E-state index >= 15 is 0 Å². The number of benzene rings is 1. The average molecular weight is 298 g/mol. The van der Waals surface area contributed by atoms with Crippen molar-refractivity contribution < 1.29 is 4.79 Å². The van der Waals surface area contributed by atoms with E-state index in [0.717, 1.165) is 17.8 Å². The molecule has 1 rings (SSSR count). The van der Waals surface area contributed by atoms with Gasteiger partial charge in [0.2, 0.25) is 5.91 Å². The van der Waals surface area contributed by atoms with Crippen LogP contribution in [0.3, 0.4) is 0 Å². The predicted octanol–water partition coefficient (Wildman–Crippen LogP) is 2.41. The van der Waals surface area contributed by atoms with Gasteiger partial charge in [0, 0.05) is 36.9 Å². The van der Waals surface area contributed by atoms with Crippen LogP contribution in [0.4, 0.5) is 5.69 Å². The minimum atomic E-state index is -0.0257. The summed E-state index contributed by atoms with van der Waals surface area (Å²) >= 11 is 6.07. The minimum Gasteiger partial charge on any atom is -0.365 e. The smallest absolute Gasteiger partial charge is 0.239 e. The summed E-state index contributed by atoms with van der Waals surface area (Å²) in [4.78, 5) is 13.4. The van der Waals surface area contributed by atoms with Crippen LogP contribution in [0.1, 0.15) is 26.3 Å². The number of amides is 1. The number of carbonyl (C=O) groups is 1. The minimum absolute atomic E-state index is 0.0257. The van der Waals surface area contributed by atoms with E-state index in [1.54, 1.807) is 7.05 Å². The summed E-state index contributed by atoms with van der Waals surface area (Å²) in [5.74, 6) is -0.0257. The zero-order valence-electron chi connectivity index (χ0n) is 12.9. The van der Waals surface area contributed by atoms with E-state index in [-0.39, 0.29) is 11.4 Å². The zero-order chi connectivity index (χ0) is 15.3. The molecule has 20 heavy (non-hydrogen) atoms. The molecule has 0 bridgehead atoms. The fourth-order valence-electron chi connectivity index (χ4n) is 1.78.